The Hall–Kier alpha value is -0.370. The minimum Gasteiger partial charge on any atom is -0.357 e. The molecule has 2 atom stereocenters. The molecule has 0 bridgehead atoms. The zero-order valence-electron chi connectivity index (χ0n) is 13.5. The van der Waals surface area contributed by atoms with E-state index in [-0.39, 0.29) is 24.0 Å². The number of halogens is 1. The summed E-state index contributed by atoms with van der Waals surface area (Å²) < 4.78 is 0. The summed E-state index contributed by atoms with van der Waals surface area (Å²) in [4.78, 5) is 12.9. The van der Waals surface area contributed by atoms with Crippen LogP contribution in [0.4, 0.5) is 0 Å². The Morgan fingerprint density at radius 1 is 1.36 bits per heavy atom. The van der Waals surface area contributed by atoms with Crippen LogP contribution >= 0.6 is 35.3 Å². The van der Waals surface area contributed by atoms with Crippen LogP contribution in [0.25, 0.3) is 0 Å². The van der Waals surface area contributed by atoms with E-state index in [0.717, 1.165) is 36.6 Å². The van der Waals surface area contributed by atoms with Crippen molar-refractivity contribution in [1.29, 1.82) is 0 Å². The van der Waals surface area contributed by atoms with Crippen molar-refractivity contribution >= 4 is 41.3 Å². The molecular weight excluding hydrogens is 407 g/mol. The molecule has 0 radical (unpaired) electrons. The van der Waals surface area contributed by atoms with Gasteiger partial charge in [-0.3, -0.25) is 0 Å². The van der Waals surface area contributed by atoms with Gasteiger partial charge in [0.05, 0.1) is 17.7 Å². The minimum absolute atomic E-state index is 0. The third-order valence-electron chi connectivity index (χ3n) is 4.83. The highest BCUT2D eigenvalue weighted by molar-refractivity contribution is 14.0. The summed E-state index contributed by atoms with van der Waals surface area (Å²) in [5, 5.41) is 3.48. The van der Waals surface area contributed by atoms with Gasteiger partial charge in [0.1, 0.15) is 0 Å². The molecule has 1 aromatic rings. The van der Waals surface area contributed by atoms with Crippen molar-refractivity contribution in [2.75, 3.05) is 19.6 Å². The van der Waals surface area contributed by atoms with E-state index in [9.17, 15) is 0 Å². The van der Waals surface area contributed by atoms with Gasteiger partial charge in [0.25, 0.3) is 0 Å². The number of aromatic nitrogens is 1. The van der Waals surface area contributed by atoms with Gasteiger partial charge in [-0.15, -0.1) is 35.3 Å². The third-order valence-corrected chi connectivity index (χ3v) is 5.75. The third kappa shape index (κ3) is 4.13. The lowest BCUT2D eigenvalue weighted by Crippen LogP contribution is -2.40. The molecule has 1 N–H and O–H groups in total. The second-order valence-corrected chi connectivity index (χ2v) is 7.18. The normalized spacial score (nSPS) is 24.8. The van der Waals surface area contributed by atoms with E-state index < -0.39 is 0 Å². The molecular formula is C16H27IN4S. The fraction of sp³-hybridized carbons (Fsp3) is 0.750. The van der Waals surface area contributed by atoms with Gasteiger partial charge in [0.2, 0.25) is 0 Å². The van der Waals surface area contributed by atoms with Crippen LogP contribution < -0.4 is 5.32 Å². The molecule has 1 saturated carbocycles. The highest BCUT2D eigenvalue weighted by Crippen LogP contribution is 2.36. The lowest BCUT2D eigenvalue weighted by Gasteiger charge is -2.22. The van der Waals surface area contributed by atoms with Crippen LogP contribution in [0, 0.1) is 18.8 Å². The monoisotopic (exact) mass is 434 g/mol. The zero-order chi connectivity index (χ0) is 14.7. The van der Waals surface area contributed by atoms with Gasteiger partial charge < -0.3 is 10.2 Å². The molecule has 0 amide bonds. The number of nitrogens with zero attached hydrogens (tertiary/aromatic N) is 3. The van der Waals surface area contributed by atoms with Crippen molar-refractivity contribution in [3.05, 3.63) is 16.1 Å². The van der Waals surface area contributed by atoms with E-state index >= 15 is 0 Å². The Morgan fingerprint density at radius 2 is 2.05 bits per heavy atom. The van der Waals surface area contributed by atoms with Gasteiger partial charge in [0.15, 0.2) is 5.96 Å². The first kappa shape index (κ1) is 18.0. The average Bonchev–Trinajstić information content (AvgIpc) is 3.09. The molecule has 1 aromatic heterocycles. The van der Waals surface area contributed by atoms with Crippen LogP contribution in [0.1, 0.15) is 43.2 Å². The first-order valence-corrected chi connectivity index (χ1v) is 9.08. The molecule has 3 rings (SSSR count). The summed E-state index contributed by atoms with van der Waals surface area (Å²) in [6, 6.07) is 0. The molecule has 2 unspecified atom stereocenters. The molecule has 4 nitrogen and oxygen atoms in total. The molecule has 2 fully saturated rings. The SMILES string of the molecule is CCNC(=NCc1scnc1C)N1CC2CCCCC2C1.I. The number of nitrogens with one attached hydrogen (secondary N) is 1. The maximum Gasteiger partial charge on any atom is 0.194 e. The van der Waals surface area contributed by atoms with Crippen LogP contribution in [0.2, 0.25) is 0 Å². The number of likely N-dealkylation sites (tertiary alicyclic amines) is 1. The topological polar surface area (TPSA) is 40.5 Å². The van der Waals surface area contributed by atoms with Gasteiger partial charge in [-0.05, 0) is 38.5 Å². The van der Waals surface area contributed by atoms with Gasteiger partial charge in [-0.1, -0.05) is 12.8 Å². The van der Waals surface area contributed by atoms with E-state index in [1.807, 2.05) is 5.51 Å². The lowest BCUT2D eigenvalue weighted by molar-refractivity contribution is 0.299. The quantitative estimate of drug-likeness (QED) is 0.449. The highest BCUT2D eigenvalue weighted by atomic mass is 127. The van der Waals surface area contributed by atoms with Crippen molar-refractivity contribution in [3.63, 3.8) is 0 Å². The van der Waals surface area contributed by atoms with Crippen LogP contribution in [0.5, 0.6) is 0 Å². The molecule has 0 spiro atoms. The van der Waals surface area contributed by atoms with E-state index in [2.05, 4.69) is 29.0 Å². The van der Waals surface area contributed by atoms with Gasteiger partial charge in [-0.25, -0.2) is 9.98 Å². The van der Waals surface area contributed by atoms with Crippen molar-refractivity contribution in [3.8, 4) is 0 Å². The smallest absolute Gasteiger partial charge is 0.194 e. The molecule has 1 aliphatic heterocycles. The number of aliphatic imine (C=N–C) groups is 1. The molecule has 2 heterocycles. The average molecular weight is 434 g/mol. The summed E-state index contributed by atoms with van der Waals surface area (Å²) in [5.41, 5.74) is 3.03. The van der Waals surface area contributed by atoms with Crippen molar-refractivity contribution in [1.82, 2.24) is 15.2 Å². The minimum atomic E-state index is 0. The molecule has 124 valence electrons. The number of aryl methyl sites for hydroxylation is 1. The summed E-state index contributed by atoms with van der Waals surface area (Å²) in [5.74, 6) is 2.89. The maximum atomic E-state index is 4.86. The van der Waals surface area contributed by atoms with E-state index in [1.165, 1.54) is 43.6 Å². The fourth-order valence-electron chi connectivity index (χ4n) is 3.63. The zero-order valence-corrected chi connectivity index (χ0v) is 16.7. The Kier molecular flexibility index (Phi) is 6.92. The molecule has 2 aliphatic rings. The van der Waals surface area contributed by atoms with Crippen molar-refractivity contribution in [2.45, 2.75) is 46.1 Å². The van der Waals surface area contributed by atoms with Crippen LogP contribution in [0.3, 0.4) is 0 Å². The first-order chi connectivity index (χ1) is 10.3. The molecule has 1 saturated heterocycles. The Balaban J connectivity index is 0.00000176. The second-order valence-electron chi connectivity index (χ2n) is 6.24. The summed E-state index contributed by atoms with van der Waals surface area (Å²) in [7, 11) is 0. The standard InChI is InChI=1S/C16H26N4S.HI/c1-3-17-16(18-8-15-12(2)19-11-21-15)20-9-13-6-4-5-7-14(13)10-20;/h11,13-14H,3-10H2,1-2H3,(H,17,18);1H. The number of guanidine groups is 1. The number of hydrogen-bond donors (Lipinski definition) is 1. The van der Waals surface area contributed by atoms with Crippen LogP contribution in [0.15, 0.2) is 10.5 Å². The first-order valence-electron chi connectivity index (χ1n) is 8.20. The van der Waals surface area contributed by atoms with Crippen LogP contribution in [-0.2, 0) is 6.54 Å². The van der Waals surface area contributed by atoms with Crippen molar-refractivity contribution < 1.29 is 0 Å². The Labute approximate surface area is 154 Å². The number of rotatable bonds is 3. The lowest BCUT2D eigenvalue weighted by atomic mass is 9.82. The van der Waals surface area contributed by atoms with Crippen molar-refractivity contribution in [2.24, 2.45) is 16.8 Å². The fourth-order valence-corrected chi connectivity index (χ4v) is 4.33. The van der Waals surface area contributed by atoms with Gasteiger partial charge in [0, 0.05) is 24.5 Å². The summed E-state index contributed by atoms with van der Waals surface area (Å²) in [6.45, 7) is 8.29. The number of fused-ring (bicyclic) bond motifs is 1. The largest absolute Gasteiger partial charge is 0.357 e. The second kappa shape index (κ2) is 8.47. The molecule has 1 aliphatic carbocycles. The number of hydrogen-bond acceptors (Lipinski definition) is 3. The van der Waals surface area contributed by atoms with Gasteiger partial charge >= 0.3 is 0 Å². The molecule has 6 heteroatoms. The predicted octanol–water partition coefficient (Wildman–Crippen LogP) is 3.66. The van der Waals surface area contributed by atoms with Crippen LogP contribution in [-0.4, -0.2) is 35.5 Å². The van der Waals surface area contributed by atoms with E-state index in [4.69, 9.17) is 4.99 Å². The van der Waals surface area contributed by atoms with E-state index in [0.29, 0.717) is 0 Å². The Bertz CT molecular complexity index is 488. The predicted molar refractivity (Wildman–Crippen MR) is 104 cm³/mol. The molecule has 0 aromatic carbocycles. The number of thiazole rings is 1. The van der Waals surface area contributed by atoms with E-state index in [1.54, 1.807) is 11.3 Å². The summed E-state index contributed by atoms with van der Waals surface area (Å²) in [6.07, 6.45) is 5.66. The molecule has 22 heavy (non-hydrogen) atoms. The summed E-state index contributed by atoms with van der Waals surface area (Å²) >= 11 is 1.71. The van der Waals surface area contributed by atoms with Gasteiger partial charge in [-0.2, -0.15) is 0 Å². The highest BCUT2D eigenvalue weighted by Gasteiger charge is 2.35. The Morgan fingerprint density at radius 3 is 2.59 bits per heavy atom. The maximum absolute atomic E-state index is 4.86.